The highest BCUT2D eigenvalue weighted by Gasteiger charge is 2.02. The summed E-state index contributed by atoms with van der Waals surface area (Å²) < 4.78 is 10.1. The maximum atomic E-state index is 11.2. The molecule has 0 aromatic heterocycles. The Kier molecular flexibility index (Phi) is 5.62. The van der Waals surface area contributed by atoms with Crippen LogP contribution in [-0.4, -0.2) is 26.2 Å². The number of esters is 1. The van der Waals surface area contributed by atoms with Gasteiger partial charge in [-0.3, -0.25) is 10.1 Å². The third-order valence-corrected chi connectivity index (χ3v) is 2.06. The lowest BCUT2D eigenvalue weighted by Gasteiger charge is -2.05. The Bertz CT molecular complexity index is 392. The summed E-state index contributed by atoms with van der Waals surface area (Å²) in [6.45, 7) is 0.735. The number of hydrogen-bond acceptors (Lipinski definition) is 4. The van der Waals surface area contributed by atoms with Gasteiger partial charge in [0.2, 0.25) is 0 Å². The zero-order valence-electron chi connectivity index (χ0n) is 9.73. The van der Waals surface area contributed by atoms with Crippen molar-refractivity contribution in [1.29, 1.82) is 0 Å². The minimum absolute atomic E-state index is 0.125. The van der Waals surface area contributed by atoms with Crippen LogP contribution in [0.15, 0.2) is 24.3 Å². The van der Waals surface area contributed by atoms with Crippen molar-refractivity contribution < 1.29 is 14.3 Å². The van der Waals surface area contributed by atoms with E-state index >= 15 is 0 Å². The third kappa shape index (κ3) is 5.05. The van der Waals surface area contributed by atoms with Gasteiger partial charge in [0.05, 0.1) is 20.2 Å². The van der Waals surface area contributed by atoms with E-state index in [1.807, 2.05) is 24.3 Å². The Balaban J connectivity index is 2.29. The second-order valence-electron chi connectivity index (χ2n) is 3.32. The quantitative estimate of drug-likeness (QED) is 0.451. The van der Waals surface area contributed by atoms with Crippen molar-refractivity contribution in [2.45, 2.75) is 6.61 Å². The lowest BCUT2D eigenvalue weighted by molar-refractivity contribution is -0.143. The summed E-state index contributed by atoms with van der Waals surface area (Å²) in [6.07, 6.45) is 5.03. The smallest absolute Gasteiger partial charge is 0.320 e. The number of carbonyl (C=O) groups excluding carboxylic acids is 1. The number of hydrogen-bond donors (Lipinski definition) is 1. The van der Waals surface area contributed by atoms with Crippen LogP contribution in [0, 0.1) is 12.3 Å². The van der Waals surface area contributed by atoms with Gasteiger partial charge >= 0.3 is 5.97 Å². The van der Waals surface area contributed by atoms with Gasteiger partial charge in [-0.1, -0.05) is 18.1 Å². The molecular weight excluding hydrogens is 218 g/mol. The number of benzene rings is 1. The van der Waals surface area contributed by atoms with Crippen LogP contribution < -0.4 is 10.1 Å². The molecule has 4 heteroatoms. The molecule has 0 unspecified atom stereocenters. The normalized spacial score (nSPS) is 9.41. The van der Waals surface area contributed by atoms with Gasteiger partial charge in [0.1, 0.15) is 12.4 Å². The molecule has 1 aromatic rings. The molecule has 0 aliphatic heterocycles. The van der Waals surface area contributed by atoms with Gasteiger partial charge < -0.3 is 9.47 Å². The summed E-state index contributed by atoms with van der Waals surface area (Å²) in [5.41, 5.74) is 0.913. The van der Waals surface area contributed by atoms with Crippen molar-refractivity contribution >= 4 is 5.97 Å². The van der Waals surface area contributed by atoms with Crippen molar-refractivity contribution in [3.8, 4) is 18.1 Å². The van der Waals surface area contributed by atoms with Crippen molar-refractivity contribution in [3.63, 3.8) is 0 Å². The first-order valence-corrected chi connectivity index (χ1v) is 5.19. The summed E-state index contributed by atoms with van der Waals surface area (Å²) in [5, 5.41) is 2.76. The first-order chi connectivity index (χ1) is 8.26. The number of rotatable bonds is 6. The topological polar surface area (TPSA) is 47.6 Å². The molecule has 17 heavy (non-hydrogen) atoms. The average molecular weight is 233 g/mol. The lowest BCUT2D eigenvalue weighted by atomic mass is 10.2. The van der Waals surface area contributed by atoms with Crippen LogP contribution in [0.2, 0.25) is 0 Å². The second-order valence-corrected chi connectivity index (χ2v) is 3.32. The zero-order valence-corrected chi connectivity index (χ0v) is 9.73. The largest absolute Gasteiger partial charge is 0.497 e. The number of terminal acetylenes is 1. The second kappa shape index (κ2) is 7.31. The fourth-order valence-corrected chi connectivity index (χ4v) is 1.17. The van der Waals surface area contributed by atoms with Crippen LogP contribution in [0.3, 0.4) is 0 Å². The predicted octanol–water partition coefficient (Wildman–Crippen LogP) is 0.961. The van der Waals surface area contributed by atoms with Gasteiger partial charge in [0.25, 0.3) is 0 Å². The monoisotopic (exact) mass is 233 g/mol. The maximum Gasteiger partial charge on any atom is 0.320 e. The molecule has 0 saturated carbocycles. The van der Waals surface area contributed by atoms with Gasteiger partial charge in [0.15, 0.2) is 0 Å². The van der Waals surface area contributed by atoms with Crippen molar-refractivity contribution in [3.05, 3.63) is 29.8 Å². The van der Waals surface area contributed by atoms with Crippen LogP contribution in [0.4, 0.5) is 0 Å². The van der Waals surface area contributed by atoms with E-state index in [1.165, 1.54) is 0 Å². The van der Waals surface area contributed by atoms with E-state index in [9.17, 15) is 4.79 Å². The highest BCUT2D eigenvalue weighted by atomic mass is 16.5. The molecule has 0 radical (unpaired) electrons. The molecule has 0 aliphatic rings. The molecule has 1 N–H and O–H groups in total. The van der Waals surface area contributed by atoms with E-state index in [-0.39, 0.29) is 19.1 Å². The number of ether oxygens (including phenoxy) is 2. The SMILES string of the molecule is C#CCNCC(=O)OCc1ccc(OC)cc1. The van der Waals surface area contributed by atoms with E-state index in [1.54, 1.807) is 7.11 Å². The van der Waals surface area contributed by atoms with E-state index in [2.05, 4.69) is 11.2 Å². The Morgan fingerprint density at radius 1 is 1.41 bits per heavy atom. The Morgan fingerprint density at radius 3 is 2.71 bits per heavy atom. The number of methoxy groups -OCH3 is 1. The summed E-state index contributed by atoms with van der Waals surface area (Å²) in [7, 11) is 1.60. The molecule has 0 aliphatic carbocycles. The van der Waals surface area contributed by atoms with Crippen LogP contribution in [0.5, 0.6) is 5.75 Å². The highest BCUT2D eigenvalue weighted by molar-refractivity contribution is 5.71. The molecule has 0 spiro atoms. The molecule has 0 heterocycles. The summed E-state index contributed by atoms with van der Waals surface area (Å²) in [5.74, 6) is 2.83. The lowest BCUT2D eigenvalue weighted by Crippen LogP contribution is -2.24. The molecule has 0 fully saturated rings. The molecule has 1 rings (SSSR count). The van der Waals surface area contributed by atoms with Crippen molar-refractivity contribution in [1.82, 2.24) is 5.32 Å². The molecule has 0 bridgehead atoms. The molecule has 90 valence electrons. The highest BCUT2D eigenvalue weighted by Crippen LogP contribution is 2.11. The predicted molar refractivity (Wildman–Crippen MR) is 64.5 cm³/mol. The fraction of sp³-hybridized carbons (Fsp3) is 0.308. The molecule has 0 amide bonds. The number of nitrogens with one attached hydrogen (secondary N) is 1. The van der Waals surface area contributed by atoms with Crippen molar-refractivity contribution in [2.24, 2.45) is 0 Å². The molecule has 1 aromatic carbocycles. The van der Waals surface area contributed by atoms with E-state index in [0.717, 1.165) is 11.3 Å². The van der Waals surface area contributed by atoms with Crippen LogP contribution in [-0.2, 0) is 16.1 Å². The van der Waals surface area contributed by atoms with Gasteiger partial charge in [-0.25, -0.2) is 0 Å². The molecule has 4 nitrogen and oxygen atoms in total. The average Bonchev–Trinajstić information content (AvgIpc) is 2.37. The van der Waals surface area contributed by atoms with Gasteiger partial charge in [0, 0.05) is 0 Å². The fourth-order valence-electron chi connectivity index (χ4n) is 1.17. The first kappa shape index (κ1) is 13.1. The zero-order chi connectivity index (χ0) is 12.5. The van der Waals surface area contributed by atoms with Crippen LogP contribution in [0.25, 0.3) is 0 Å². The number of carbonyl (C=O) groups is 1. The summed E-state index contributed by atoms with van der Waals surface area (Å²) in [6, 6.07) is 7.33. The third-order valence-electron chi connectivity index (χ3n) is 2.06. The van der Waals surface area contributed by atoms with E-state index in [0.29, 0.717) is 6.54 Å². The standard InChI is InChI=1S/C13H15NO3/c1-3-8-14-9-13(15)17-10-11-4-6-12(16-2)7-5-11/h1,4-7,14H,8-10H2,2H3. The van der Waals surface area contributed by atoms with Crippen LogP contribution in [0.1, 0.15) is 5.56 Å². The Hall–Kier alpha value is -1.99. The van der Waals surface area contributed by atoms with E-state index in [4.69, 9.17) is 15.9 Å². The van der Waals surface area contributed by atoms with Crippen molar-refractivity contribution in [2.75, 3.05) is 20.2 Å². The molecule has 0 atom stereocenters. The minimum Gasteiger partial charge on any atom is -0.497 e. The summed E-state index contributed by atoms with van der Waals surface area (Å²) in [4.78, 5) is 11.2. The van der Waals surface area contributed by atoms with Gasteiger partial charge in [-0.15, -0.1) is 6.42 Å². The maximum absolute atomic E-state index is 11.2. The van der Waals surface area contributed by atoms with Crippen LogP contribution >= 0.6 is 0 Å². The molecule has 0 saturated heterocycles. The summed E-state index contributed by atoms with van der Waals surface area (Å²) >= 11 is 0. The first-order valence-electron chi connectivity index (χ1n) is 5.19. The van der Waals surface area contributed by atoms with Gasteiger partial charge in [-0.05, 0) is 17.7 Å². The van der Waals surface area contributed by atoms with E-state index < -0.39 is 0 Å². The Labute approximate surface area is 101 Å². The molecular formula is C13H15NO3. The Morgan fingerprint density at radius 2 is 2.12 bits per heavy atom. The van der Waals surface area contributed by atoms with Gasteiger partial charge in [-0.2, -0.15) is 0 Å². The minimum atomic E-state index is -0.323.